The second kappa shape index (κ2) is 9.96. The van der Waals surface area contributed by atoms with E-state index in [0.717, 1.165) is 25.3 Å². The first-order valence-electron chi connectivity index (χ1n) is 10.1. The van der Waals surface area contributed by atoms with Crippen LogP contribution in [0.5, 0.6) is 0 Å². The minimum absolute atomic E-state index is 0.0729. The molecule has 1 heterocycles. The fraction of sp³-hybridized carbons (Fsp3) is 0.261. The monoisotopic (exact) mass is 488 g/mol. The largest absolute Gasteiger partial charge is 0.469 e. The van der Waals surface area contributed by atoms with Gasteiger partial charge in [-0.3, -0.25) is 4.79 Å². The normalized spacial score (nSPS) is 13.0. The molecule has 10 nitrogen and oxygen atoms in total. The fourth-order valence-electron chi connectivity index (χ4n) is 3.70. The van der Waals surface area contributed by atoms with Crippen molar-refractivity contribution in [2.45, 2.75) is 23.3 Å². The maximum atomic E-state index is 13.4. The zero-order valence-electron chi connectivity index (χ0n) is 18.8. The Labute approximate surface area is 196 Å². The van der Waals surface area contributed by atoms with Crippen LogP contribution in [0.25, 0.3) is 10.9 Å². The number of hydrogen-bond donors (Lipinski definition) is 1. The molecule has 3 rings (SSSR count). The van der Waals surface area contributed by atoms with Crippen molar-refractivity contribution in [2.24, 2.45) is 0 Å². The number of hydrogen-bond acceptors (Lipinski definition) is 8. The van der Waals surface area contributed by atoms with Gasteiger partial charge in [-0.05, 0) is 23.8 Å². The number of ether oxygens (including phenoxy) is 3. The molecule has 180 valence electrons. The number of methoxy groups -OCH3 is 3. The zero-order chi connectivity index (χ0) is 24.9. The lowest BCUT2D eigenvalue weighted by atomic mass is 9.87. The fourth-order valence-corrected chi connectivity index (χ4v) is 5.11. The third-order valence-corrected chi connectivity index (χ3v) is 7.02. The lowest BCUT2D eigenvalue weighted by molar-refractivity contribution is -0.155. The Bertz CT molecular complexity index is 1300. The van der Waals surface area contributed by atoms with Crippen LogP contribution in [0.4, 0.5) is 4.79 Å². The van der Waals surface area contributed by atoms with Gasteiger partial charge in [0.2, 0.25) is 0 Å². The maximum absolute atomic E-state index is 13.4. The molecule has 1 amide bonds. The molecule has 0 saturated heterocycles. The van der Waals surface area contributed by atoms with Gasteiger partial charge in [-0.2, -0.15) is 0 Å². The molecule has 3 aromatic rings. The van der Waals surface area contributed by atoms with E-state index in [0.29, 0.717) is 16.5 Å². The molecule has 0 bridgehead atoms. The van der Waals surface area contributed by atoms with Crippen molar-refractivity contribution in [1.82, 2.24) is 9.29 Å². The zero-order valence-corrected chi connectivity index (χ0v) is 19.6. The number of fused-ring (bicyclic) bond motifs is 1. The third kappa shape index (κ3) is 4.74. The number of alkyl carbamates (subject to hydrolysis) is 1. The summed E-state index contributed by atoms with van der Waals surface area (Å²) < 4.78 is 42.1. The number of carbonyl (C=O) groups is 3. The van der Waals surface area contributed by atoms with Gasteiger partial charge < -0.3 is 19.5 Å². The van der Waals surface area contributed by atoms with E-state index in [-0.39, 0.29) is 11.3 Å². The van der Waals surface area contributed by atoms with E-state index >= 15 is 0 Å². The Morgan fingerprint density at radius 3 is 2.18 bits per heavy atom. The SMILES string of the molecule is COC(=O)C[C@@](Cc1cn(S(=O)(=O)c2ccccc2)c2ccccc12)(NC(=O)OC)C(=O)OC. The first-order valence-corrected chi connectivity index (χ1v) is 11.5. The molecule has 0 aliphatic carbocycles. The van der Waals surface area contributed by atoms with Crippen molar-refractivity contribution >= 4 is 39.0 Å². The van der Waals surface area contributed by atoms with Gasteiger partial charge in [0.05, 0.1) is 38.2 Å². The van der Waals surface area contributed by atoms with E-state index < -0.39 is 40.0 Å². The predicted octanol–water partition coefficient (Wildman–Crippen LogP) is 2.25. The molecule has 34 heavy (non-hydrogen) atoms. The molecule has 1 aromatic heterocycles. The molecule has 11 heteroatoms. The Morgan fingerprint density at radius 1 is 0.912 bits per heavy atom. The highest BCUT2D eigenvalue weighted by molar-refractivity contribution is 7.90. The molecule has 0 radical (unpaired) electrons. The number of amides is 1. The van der Waals surface area contributed by atoms with Crippen LogP contribution in [0.15, 0.2) is 65.7 Å². The highest BCUT2D eigenvalue weighted by Gasteiger charge is 2.45. The summed E-state index contributed by atoms with van der Waals surface area (Å²) in [6.45, 7) is 0. The van der Waals surface area contributed by atoms with E-state index in [1.807, 2.05) is 0 Å². The van der Waals surface area contributed by atoms with Gasteiger partial charge in [0.15, 0.2) is 5.54 Å². The van der Waals surface area contributed by atoms with Crippen LogP contribution in [0.3, 0.4) is 0 Å². The summed E-state index contributed by atoms with van der Waals surface area (Å²) in [5, 5.41) is 2.90. The molecule has 0 fully saturated rings. The van der Waals surface area contributed by atoms with Crippen molar-refractivity contribution in [3.05, 3.63) is 66.4 Å². The van der Waals surface area contributed by atoms with Gasteiger partial charge in [0.1, 0.15) is 0 Å². The van der Waals surface area contributed by atoms with Gasteiger partial charge in [-0.15, -0.1) is 0 Å². The molecule has 2 aromatic carbocycles. The van der Waals surface area contributed by atoms with Gasteiger partial charge in [0.25, 0.3) is 10.0 Å². The van der Waals surface area contributed by atoms with Crippen LogP contribution in [-0.2, 0) is 40.2 Å². The average molecular weight is 489 g/mol. The Morgan fingerprint density at radius 2 is 1.56 bits per heavy atom. The number of nitrogens with one attached hydrogen (secondary N) is 1. The predicted molar refractivity (Wildman–Crippen MR) is 122 cm³/mol. The van der Waals surface area contributed by atoms with Crippen LogP contribution in [-0.4, -0.2) is 57.3 Å². The second-order valence-electron chi connectivity index (χ2n) is 7.41. The Balaban J connectivity index is 2.21. The van der Waals surface area contributed by atoms with E-state index in [9.17, 15) is 22.8 Å². The molecule has 0 spiro atoms. The molecular weight excluding hydrogens is 464 g/mol. The number of esters is 2. The smallest absolute Gasteiger partial charge is 0.407 e. The number of nitrogens with zero attached hydrogens (tertiary/aromatic N) is 1. The number of benzene rings is 2. The van der Waals surface area contributed by atoms with Crippen LogP contribution >= 0.6 is 0 Å². The minimum atomic E-state index is -3.98. The van der Waals surface area contributed by atoms with Crippen LogP contribution in [0.1, 0.15) is 12.0 Å². The van der Waals surface area contributed by atoms with Crippen LogP contribution in [0.2, 0.25) is 0 Å². The van der Waals surface area contributed by atoms with E-state index in [1.165, 1.54) is 18.3 Å². The number of para-hydroxylation sites is 1. The maximum Gasteiger partial charge on any atom is 0.407 e. The lowest BCUT2D eigenvalue weighted by Crippen LogP contribution is -2.58. The topological polar surface area (TPSA) is 130 Å². The number of rotatable bonds is 8. The third-order valence-electron chi connectivity index (χ3n) is 5.33. The van der Waals surface area contributed by atoms with Crippen molar-refractivity contribution in [2.75, 3.05) is 21.3 Å². The van der Waals surface area contributed by atoms with Crippen molar-refractivity contribution in [3.63, 3.8) is 0 Å². The highest BCUT2D eigenvalue weighted by atomic mass is 32.2. The van der Waals surface area contributed by atoms with Crippen LogP contribution < -0.4 is 5.32 Å². The van der Waals surface area contributed by atoms with Gasteiger partial charge in [0, 0.05) is 18.0 Å². The highest BCUT2D eigenvalue weighted by Crippen LogP contribution is 2.30. The summed E-state index contributed by atoms with van der Waals surface area (Å²) in [6.07, 6.45) is -0.464. The van der Waals surface area contributed by atoms with Crippen molar-refractivity contribution in [3.8, 4) is 0 Å². The molecule has 0 unspecified atom stereocenters. The van der Waals surface area contributed by atoms with Crippen molar-refractivity contribution < 1.29 is 37.0 Å². The van der Waals surface area contributed by atoms with E-state index in [2.05, 4.69) is 10.1 Å². The molecular formula is C23H24N2O8S. The first kappa shape index (κ1) is 24.8. The number of aromatic nitrogens is 1. The summed E-state index contributed by atoms with van der Waals surface area (Å²) in [4.78, 5) is 37.3. The molecule has 1 N–H and O–H groups in total. The standard InChI is InChI=1S/C23H24N2O8S/c1-31-20(26)14-23(21(27)32-2,24-22(28)33-3)13-16-15-25(19-12-8-7-11-18(16)19)34(29,30)17-9-5-4-6-10-17/h4-12,15H,13-14H2,1-3H3,(H,24,28)/t23-/m1/s1. The summed E-state index contributed by atoms with van der Waals surface area (Å²) in [5.74, 6) is -1.71. The lowest BCUT2D eigenvalue weighted by Gasteiger charge is -2.30. The molecule has 0 aliphatic rings. The minimum Gasteiger partial charge on any atom is -0.469 e. The summed E-state index contributed by atoms with van der Waals surface area (Å²) in [6, 6.07) is 14.5. The molecule has 1 atom stereocenters. The van der Waals surface area contributed by atoms with Gasteiger partial charge in [-0.1, -0.05) is 36.4 Å². The molecule has 0 saturated carbocycles. The van der Waals surface area contributed by atoms with Crippen LogP contribution in [0, 0.1) is 0 Å². The summed E-state index contributed by atoms with van der Waals surface area (Å²) in [7, 11) is -0.632. The first-order chi connectivity index (χ1) is 16.2. The molecule has 0 aliphatic heterocycles. The summed E-state index contributed by atoms with van der Waals surface area (Å²) in [5.41, 5.74) is -1.18. The van der Waals surface area contributed by atoms with Gasteiger partial charge in [-0.25, -0.2) is 22.0 Å². The second-order valence-corrected chi connectivity index (χ2v) is 9.22. The van der Waals surface area contributed by atoms with Gasteiger partial charge >= 0.3 is 18.0 Å². The van der Waals surface area contributed by atoms with Crippen molar-refractivity contribution in [1.29, 1.82) is 0 Å². The van der Waals surface area contributed by atoms with E-state index in [4.69, 9.17) is 9.47 Å². The van der Waals surface area contributed by atoms with E-state index in [1.54, 1.807) is 42.5 Å². The quantitative estimate of drug-likeness (QED) is 0.377. The Kier molecular flexibility index (Phi) is 7.26. The number of carbonyl (C=O) groups excluding carboxylic acids is 3. The Hall–Kier alpha value is -3.86. The summed E-state index contributed by atoms with van der Waals surface area (Å²) >= 11 is 0. The average Bonchev–Trinajstić information content (AvgIpc) is 3.22.